The topological polar surface area (TPSA) is 40.5 Å². The molecule has 3 rings (SSSR count). The quantitative estimate of drug-likeness (QED) is 0.805. The maximum atomic E-state index is 13.8. The molecule has 2 unspecified atom stereocenters. The molecule has 2 bridgehead atoms. The van der Waals surface area contributed by atoms with Gasteiger partial charge in [-0.05, 0) is 37.8 Å². The Hall–Kier alpha value is -1.29. The third kappa shape index (κ3) is 2.18. The fourth-order valence-electron chi connectivity index (χ4n) is 3.26. The number of amides is 1. The first kappa shape index (κ1) is 12.7. The number of carbonyl (C=O) groups excluding carboxylic acids is 1. The zero-order valence-corrected chi connectivity index (χ0v) is 11.1. The van der Waals surface area contributed by atoms with E-state index in [9.17, 15) is 14.3 Å². The van der Waals surface area contributed by atoms with Gasteiger partial charge in [0.2, 0.25) is 0 Å². The number of piperidine rings is 1. The molecule has 2 fully saturated rings. The Labute approximate surface area is 116 Å². The van der Waals surface area contributed by atoms with E-state index in [1.54, 1.807) is 4.90 Å². The summed E-state index contributed by atoms with van der Waals surface area (Å²) >= 11 is 6.17. The van der Waals surface area contributed by atoms with E-state index >= 15 is 0 Å². The van der Waals surface area contributed by atoms with Gasteiger partial charge < -0.3 is 10.0 Å². The van der Waals surface area contributed by atoms with Crippen LogP contribution in [0.1, 0.15) is 36.0 Å². The van der Waals surface area contributed by atoms with Gasteiger partial charge in [0.25, 0.3) is 5.91 Å². The molecule has 1 amide bonds. The average molecular weight is 284 g/mol. The number of carbonyl (C=O) groups is 1. The first-order valence-corrected chi connectivity index (χ1v) is 6.95. The van der Waals surface area contributed by atoms with Crippen molar-refractivity contribution in [2.45, 2.75) is 43.1 Å². The molecule has 3 nitrogen and oxygen atoms in total. The molecule has 19 heavy (non-hydrogen) atoms. The van der Waals surface area contributed by atoms with Gasteiger partial charge in [-0.2, -0.15) is 0 Å². The van der Waals surface area contributed by atoms with Crippen molar-refractivity contribution in [1.29, 1.82) is 0 Å². The van der Waals surface area contributed by atoms with Crippen LogP contribution in [0.15, 0.2) is 18.2 Å². The predicted molar refractivity (Wildman–Crippen MR) is 69.9 cm³/mol. The summed E-state index contributed by atoms with van der Waals surface area (Å²) in [5.74, 6) is -1.12. The number of hydrogen-bond acceptors (Lipinski definition) is 2. The van der Waals surface area contributed by atoms with Crippen LogP contribution in [-0.4, -0.2) is 33.4 Å². The van der Waals surface area contributed by atoms with Gasteiger partial charge in [0, 0.05) is 23.5 Å². The van der Waals surface area contributed by atoms with Crippen LogP contribution < -0.4 is 0 Å². The molecule has 2 aliphatic heterocycles. The average Bonchev–Trinajstić information content (AvgIpc) is 2.61. The molecule has 1 N–H and O–H groups in total. The van der Waals surface area contributed by atoms with Crippen LogP contribution in [0.5, 0.6) is 5.75 Å². The lowest BCUT2D eigenvalue weighted by Gasteiger charge is -2.37. The minimum atomic E-state index is -0.669. The smallest absolute Gasteiger partial charge is 0.257 e. The van der Waals surface area contributed by atoms with Gasteiger partial charge in [-0.25, -0.2) is 4.39 Å². The summed E-state index contributed by atoms with van der Waals surface area (Å²) in [6, 6.07) is 3.92. The van der Waals surface area contributed by atoms with E-state index in [-0.39, 0.29) is 34.7 Å². The molecule has 2 heterocycles. The maximum Gasteiger partial charge on any atom is 0.257 e. The predicted octanol–water partition coefficient (Wildman–Crippen LogP) is 2.91. The van der Waals surface area contributed by atoms with E-state index in [1.807, 2.05) is 0 Å². The van der Waals surface area contributed by atoms with Gasteiger partial charge in [-0.15, -0.1) is 11.6 Å². The molecule has 2 atom stereocenters. The third-order valence-electron chi connectivity index (χ3n) is 4.09. The Balaban J connectivity index is 1.88. The van der Waals surface area contributed by atoms with Gasteiger partial charge in [-0.1, -0.05) is 0 Å². The van der Waals surface area contributed by atoms with Crippen molar-refractivity contribution in [2.24, 2.45) is 0 Å². The number of fused-ring (bicyclic) bond motifs is 2. The Bertz CT molecular complexity index is 508. The molecule has 0 aliphatic carbocycles. The number of aromatic hydroxyl groups is 1. The van der Waals surface area contributed by atoms with Gasteiger partial charge in [0.1, 0.15) is 11.6 Å². The molecule has 2 saturated heterocycles. The molecule has 0 spiro atoms. The minimum absolute atomic E-state index is 0.0303. The fraction of sp³-hybridized carbons (Fsp3) is 0.500. The van der Waals surface area contributed by atoms with E-state index in [0.29, 0.717) is 0 Å². The standard InChI is InChI=1S/C14H15ClFNO2/c15-8-5-9-1-2-10(6-8)17(9)14(19)12-4-3-11(18)7-13(12)16/h3-4,7-10,18H,1-2,5-6H2. The monoisotopic (exact) mass is 283 g/mol. The second-order valence-electron chi connectivity index (χ2n) is 5.33. The number of benzene rings is 1. The van der Waals surface area contributed by atoms with Gasteiger partial charge in [-0.3, -0.25) is 4.79 Å². The van der Waals surface area contributed by atoms with E-state index in [4.69, 9.17) is 11.6 Å². The Morgan fingerprint density at radius 1 is 1.32 bits per heavy atom. The lowest BCUT2D eigenvalue weighted by molar-refractivity contribution is 0.0595. The van der Waals surface area contributed by atoms with Gasteiger partial charge in [0.15, 0.2) is 0 Å². The van der Waals surface area contributed by atoms with Crippen LogP contribution in [0, 0.1) is 5.82 Å². The highest BCUT2D eigenvalue weighted by atomic mass is 35.5. The van der Waals surface area contributed by atoms with Crippen LogP contribution in [0.3, 0.4) is 0 Å². The summed E-state index contributed by atoms with van der Waals surface area (Å²) < 4.78 is 13.8. The molecule has 1 aromatic carbocycles. The molecule has 102 valence electrons. The maximum absolute atomic E-state index is 13.8. The molecule has 1 aromatic rings. The van der Waals surface area contributed by atoms with E-state index < -0.39 is 5.82 Å². The van der Waals surface area contributed by atoms with Crippen molar-refractivity contribution in [3.8, 4) is 5.75 Å². The summed E-state index contributed by atoms with van der Waals surface area (Å²) in [5.41, 5.74) is 0.0303. The van der Waals surface area contributed by atoms with Crippen molar-refractivity contribution >= 4 is 17.5 Å². The minimum Gasteiger partial charge on any atom is -0.508 e. The summed E-state index contributed by atoms with van der Waals surface area (Å²) in [5, 5.41) is 9.32. The Morgan fingerprint density at radius 3 is 2.53 bits per heavy atom. The summed E-state index contributed by atoms with van der Waals surface area (Å²) in [7, 11) is 0. The van der Waals surface area contributed by atoms with Crippen molar-refractivity contribution in [2.75, 3.05) is 0 Å². The largest absolute Gasteiger partial charge is 0.508 e. The van der Waals surface area contributed by atoms with Gasteiger partial charge in [0.05, 0.1) is 5.56 Å². The number of alkyl halides is 1. The normalized spacial score (nSPS) is 29.6. The lowest BCUT2D eigenvalue weighted by Crippen LogP contribution is -2.47. The van der Waals surface area contributed by atoms with Crippen LogP contribution in [0.4, 0.5) is 4.39 Å². The van der Waals surface area contributed by atoms with Crippen LogP contribution in [-0.2, 0) is 0 Å². The van der Waals surface area contributed by atoms with Gasteiger partial charge >= 0.3 is 0 Å². The lowest BCUT2D eigenvalue weighted by atomic mass is 10.0. The number of phenolic OH excluding ortho intramolecular Hbond substituents is 1. The molecular formula is C14H15ClFNO2. The second-order valence-corrected chi connectivity index (χ2v) is 5.95. The van der Waals surface area contributed by atoms with Crippen LogP contribution in [0.25, 0.3) is 0 Å². The highest BCUT2D eigenvalue weighted by Gasteiger charge is 2.43. The highest BCUT2D eigenvalue weighted by molar-refractivity contribution is 6.20. The fourth-order valence-corrected chi connectivity index (χ4v) is 3.67. The molecule has 0 aromatic heterocycles. The Kier molecular flexibility index (Phi) is 3.13. The molecule has 0 radical (unpaired) electrons. The molecule has 2 aliphatic rings. The van der Waals surface area contributed by atoms with E-state index in [2.05, 4.69) is 0 Å². The molecule has 0 saturated carbocycles. The van der Waals surface area contributed by atoms with E-state index in [1.165, 1.54) is 12.1 Å². The molecule has 5 heteroatoms. The number of phenols is 1. The number of hydrogen-bond donors (Lipinski definition) is 1. The van der Waals surface area contributed by atoms with Crippen LogP contribution >= 0.6 is 11.6 Å². The SMILES string of the molecule is O=C(c1ccc(O)cc1F)N1C2CCC1CC(Cl)C2. The summed E-state index contributed by atoms with van der Waals surface area (Å²) in [6.07, 6.45) is 3.45. The second kappa shape index (κ2) is 4.67. The van der Waals surface area contributed by atoms with E-state index in [0.717, 1.165) is 31.7 Å². The van der Waals surface area contributed by atoms with Crippen molar-refractivity contribution in [3.05, 3.63) is 29.6 Å². The summed E-state index contributed by atoms with van der Waals surface area (Å²) in [6.45, 7) is 0. The number of halogens is 2. The summed E-state index contributed by atoms with van der Waals surface area (Å²) in [4.78, 5) is 14.2. The van der Waals surface area contributed by atoms with Crippen molar-refractivity contribution < 1.29 is 14.3 Å². The van der Waals surface area contributed by atoms with Crippen LogP contribution in [0.2, 0.25) is 0 Å². The Morgan fingerprint density at radius 2 is 1.95 bits per heavy atom. The zero-order valence-electron chi connectivity index (χ0n) is 10.4. The first-order chi connectivity index (χ1) is 9.06. The third-order valence-corrected chi connectivity index (χ3v) is 4.45. The highest BCUT2D eigenvalue weighted by Crippen LogP contribution is 2.38. The number of nitrogens with zero attached hydrogens (tertiary/aromatic N) is 1. The number of rotatable bonds is 1. The molecular weight excluding hydrogens is 269 g/mol. The zero-order chi connectivity index (χ0) is 13.6. The van der Waals surface area contributed by atoms with Crippen molar-refractivity contribution in [3.63, 3.8) is 0 Å². The van der Waals surface area contributed by atoms with Crippen molar-refractivity contribution in [1.82, 2.24) is 4.90 Å². The first-order valence-electron chi connectivity index (χ1n) is 6.51.